The molecule has 1 aromatic carbocycles. The summed E-state index contributed by atoms with van der Waals surface area (Å²) in [6.45, 7) is 0.625. The summed E-state index contributed by atoms with van der Waals surface area (Å²) < 4.78 is 5.25. The molecule has 3 rings (SSSR count). The van der Waals surface area contributed by atoms with E-state index in [1.807, 2.05) is 42.5 Å². The normalized spacial score (nSPS) is 10.7. The Morgan fingerprint density at radius 3 is 2.94 bits per heavy atom. The van der Waals surface area contributed by atoms with Crippen molar-refractivity contribution in [1.82, 2.24) is 4.98 Å². The number of nitrogen functional groups attached to an aromatic ring is 1. The molecule has 0 amide bonds. The van der Waals surface area contributed by atoms with Crippen LogP contribution >= 0.6 is 0 Å². The molecule has 0 fully saturated rings. The molecule has 4 nitrogen and oxygen atoms in total. The number of nitrogens with two attached hydrogens (primary N) is 1. The second-order valence-corrected chi connectivity index (χ2v) is 4.08. The third-order valence-electron chi connectivity index (χ3n) is 2.74. The number of fused-ring (bicyclic) bond motifs is 1. The average Bonchev–Trinajstić information content (AvgIpc) is 2.89. The van der Waals surface area contributed by atoms with Crippen LogP contribution in [0.1, 0.15) is 5.76 Å². The highest BCUT2D eigenvalue weighted by atomic mass is 16.3. The molecule has 18 heavy (non-hydrogen) atoms. The first-order chi connectivity index (χ1) is 8.81. The van der Waals surface area contributed by atoms with E-state index in [0.29, 0.717) is 6.54 Å². The molecule has 0 radical (unpaired) electrons. The topological polar surface area (TPSA) is 64.1 Å². The summed E-state index contributed by atoms with van der Waals surface area (Å²) in [5.74, 6) is 1.71. The van der Waals surface area contributed by atoms with Gasteiger partial charge in [0.25, 0.3) is 0 Å². The van der Waals surface area contributed by atoms with Crippen molar-refractivity contribution in [1.29, 1.82) is 0 Å². The van der Waals surface area contributed by atoms with Gasteiger partial charge in [-0.25, -0.2) is 4.98 Å². The van der Waals surface area contributed by atoms with Crippen molar-refractivity contribution >= 4 is 22.4 Å². The Morgan fingerprint density at radius 1 is 1.17 bits per heavy atom. The van der Waals surface area contributed by atoms with Gasteiger partial charge in [-0.3, -0.25) is 0 Å². The van der Waals surface area contributed by atoms with E-state index in [0.717, 1.165) is 28.2 Å². The smallest absolute Gasteiger partial charge is 0.127 e. The minimum atomic E-state index is 0.625. The summed E-state index contributed by atoms with van der Waals surface area (Å²) in [6.07, 6.45) is 1.66. The number of hydrogen-bond donors (Lipinski definition) is 2. The van der Waals surface area contributed by atoms with Crippen LogP contribution in [0.3, 0.4) is 0 Å². The third kappa shape index (κ3) is 2.13. The Balaban J connectivity index is 1.82. The minimum Gasteiger partial charge on any atom is -0.467 e. The van der Waals surface area contributed by atoms with Crippen molar-refractivity contribution in [2.24, 2.45) is 0 Å². The first-order valence-electron chi connectivity index (χ1n) is 5.74. The van der Waals surface area contributed by atoms with Gasteiger partial charge < -0.3 is 15.5 Å². The Hall–Kier alpha value is -2.49. The lowest BCUT2D eigenvalue weighted by Crippen LogP contribution is -2.00. The summed E-state index contributed by atoms with van der Waals surface area (Å²) in [4.78, 5) is 4.51. The Morgan fingerprint density at radius 2 is 2.11 bits per heavy atom. The highest BCUT2D eigenvalue weighted by Crippen LogP contribution is 2.18. The lowest BCUT2D eigenvalue weighted by atomic mass is 10.2. The van der Waals surface area contributed by atoms with Crippen LogP contribution < -0.4 is 11.1 Å². The number of anilines is 2. The number of aromatic nitrogens is 1. The van der Waals surface area contributed by atoms with E-state index >= 15 is 0 Å². The van der Waals surface area contributed by atoms with Gasteiger partial charge in [-0.15, -0.1) is 0 Å². The summed E-state index contributed by atoms with van der Waals surface area (Å²) in [5.41, 5.74) is 7.40. The van der Waals surface area contributed by atoms with Crippen LogP contribution in [0.2, 0.25) is 0 Å². The van der Waals surface area contributed by atoms with E-state index in [1.165, 1.54) is 0 Å². The van der Waals surface area contributed by atoms with E-state index in [9.17, 15) is 0 Å². The fraction of sp³-hybridized carbons (Fsp3) is 0.0714. The van der Waals surface area contributed by atoms with Crippen molar-refractivity contribution < 1.29 is 4.42 Å². The van der Waals surface area contributed by atoms with E-state index in [4.69, 9.17) is 10.2 Å². The predicted octanol–water partition coefficient (Wildman–Crippen LogP) is 3.02. The SMILES string of the molecule is Nc1ccc2nc(NCc3ccco3)ccc2c1. The highest BCUT2D eigenvalue weighted by Gasteiger charge is 2.00. The Bertz CT molecular complexity index is 662. The molecule has 0 bridgehead atoms. The van der Waals surface area contributed by atoms with Gasteiger partial charge in [0.05, 0.1) is 18.3 Å². The lowest BCUT2D eigenvalue weighted by molar-refractivity contribution is 0.518. The molecule has 3 aromatic rings. The standard InChI is InChI=1S/C14H13N3O/c15-11-4-5-13-10(8-11)3-6-14(17-13)16-9-12-2-1-7-18-12/h1-8H,9,15H2,(H,16,17). The Labute approximate surface area is 104 Å². The summed E-state index contributed by atoms with van der Waals surface area (Å²) in [6, 6.07) is 13.4. The minimum absolute atomic E-state index is 0.625. The van der Waals surface area contributed by atoms with Gasteiger partial charge >= 0.3 is 0 Å². The maximum Gasteiger partial charge on any atom is 0.127 e. The van der Waals surface area contributed by atoms with Crippen LogP contribution in [-0.2, 0) is 6.54 Å². The number of pyridine rings is 1. The van der Waals surface area contributed by atoms with Crippen molar-refractivity contribution in [3.63, 3.8) is 0 Å². The molecule has 0 aliphatic heterocycles. The first-order valence-corrected chi connectivity index (χ1v) is 5.74. The summed E-state index contributed by atoms with van der Waals surface area (Å²) in [5, 5.41) is 4.26. The van der Waals surface area contributed by atoms with Crippen molar-refractivity contribution in [2.45, 2.75) is 6.54 Å². The van der Waals surface area contributed by atoms with Gasteiger partial charge in [0, 0.05) is 11.1 Å². The number of benzene rings is 1. The fourth-order valence-corrected chi connectivity index (χ4v) is 1.83. The monoisotopic (exact) mass is 239 g/mol. The number of furan rings is 1. The fourth-order valence-electron chi connectivity index (χ4n) is 1.83. The largest absolute Gasteiger partial charge is 0.467 e. The van der Waals surface area contributed by atoms with Crippen molar-refractivity contribution in [3.05, 3.63) is 54.5 Å². The maximum atomic E-state index is 5.73. The van der Waals surface area contributed by atoms with E-state index in [1.54, 1.807) is 6.26 Å². The summed E-state index contributed by atoms with van der Waals surface area (Å²) >= 11 is 0. The van der Waals surface area contributed by atoms with Crippen molar-refractivity contribution in [2.75, 3.05) is 11.1 Å². The number of rotatable bonds is 3. The quantitative estimate of drug-likeness (QED) is 0.689. The number of nitrogens with zero attached hydrogens (tertiary/aromatic N) is 1. The molecular formula is C14H13N3O. The maximum absolute atomic E-state index is 5.73. The van der Waals surface area contributed by atoms with Crippen molar-refractivity contribution in [3.8, 4) is 0 Å². The van der Waals surface area contributed by atoms with E-state index in [2.05, 4.69) is 10.3 Å². The second-order valence-electron chi connectivity index (χ2n) is 4.08. The molecule has 90 valence electrons. The van der Waals surface area contributed by atoms with Gasteiger partial charge in [-0.2, -0.15) is 0 Å². The molecule has 0 atom stereocenters. The third-order valence-corrected chi connectivity index (χ3v) is 2.74. The van der Waals surface area contributed by atoms with Gasteiger partial charge in [0.1, 0.15) is 11.6 Å². The van der Waals surface area contributed by atoms with Gasteiger partial charge in [-0.1, -0.05) is 0 Å². The van der Waals surface area contributed by atoms with Crippen LogP contribution in [0.25, 0.3) is 10.9 Å². The van der Waals surface area contributed by atoms with Crippen LogP contribution in [0, 0.1) is 0 Å². The molecular weight excluding hydrogens is 226 g/mol. The molecule has 2 heterocycles. The van der Waals surface area contributed by atoms with Crippen LogP contribution in [-0.4, -0.2) is 4.98 Å². The van der Waals surface area contributed by atoms with Gasteiger partial charge in [0.15, 0.2) is 0 Å². The molecule has 0 unspecified atom stereocenters. The molecule has 4 heteroatoms. The second kappa shape index (κ2) is 4.41. The molecule has 3 N–H and O–H groups in total. The molecule has 2 aromatic heterocycles. The van der Waals surface area contributed by atoms with Crippen LogP contribution in [0.5, 0.6) is 0 Å². The molecule has 0 aliphatic carbocycles. The zero-order valence-corrected chi connectivity index (χ0v) is 9.76. The molecule has 0 aliphatic rings. The van der Waals surface area contributed by atoms with E-state index < -0.39 is 0 Å². The van der Waals surface area contributed by atoms with E-state index in [-0.39, 0.29) is 0 Å². The Kier molecular flexibility index (Phi) is 2.61. The van der Waals surface area contributed by atoms with Crippen LogP contribution in [0.15, 0.2) is 53.1 Å². The predicted molar refractivity (Wildman–Crippen MR) is 72.2 cm³/mol. The average molecular weight is 239 g/mol. The zero-order valence-electron chi connectivity index (χ0n) is 9.76. The zero-order chi connectivity index (χ0) is 12.4. The lowest BCUT2D eigenvalue weighted by Gasteiger charge is -2.05. The summed E-state index contributed by atoms with van der Waals surface area (Å²) in [7, 11) is 0. The first kappa shape index (κ1) is 10.7. The van der Waals surface area contributed by atoms with Gasteiger partial charge in [0.2, 0.25) is 0 Å². The molecule has 0 saturated carbocycles. The van der Waals surface area contributed by atoms with Gasteiger partial charge in [-0.05, 0) is 42.5 Å². The molecule has 0 saturated heterocycles. The number of hydrogen-bond acceptors (Lipinski definition) is 4. The number of nitrogens with one attached hydrogen (secondary N) is 1. The van der Waals surface area contributed by atoms with Crippen LogP contribution in [0.4, 0.5) is 11.5 Å². The molecule has 0 spiro atoms. The highest BCUT2D eigenvalue weighted by molar-refractivity contribution is 5.83.